The van der Waals surface area contributed by atoms with Gasteiger partial charge in [-0.25, -0.2) is 8.78 Å². The highest BCUT2D eigenvalue weighted by molar-refractivity contribution is 6.10. The average Bonchev–Trinajstić information content (AvgIpc) is 3.52. The van der Waals surface area contributed by atoms with Gasteiger partial charge in [0, 0.05) is 36.6 Å². The van der Waals surface area contributed by atoms with Crippen LogP contribution in [0.4, 0.5) is 20.2 Å². The van der Waals surface area contributed by atoms with Crippen LogP contribution in [0.3, 0.4) is 0 Å². The summed E-state index contributed by atoms with van der Waals surface area (Å²) >= 11 is 0. The number of nitrogens with zero attached hydrogens (tertiary/aromatic N) is 2. The quantitative estimate of drug-likeness (QED) is 0.530. The predicted octanol–water partition coefficient (Wildman–Crippen LogP) is 2.15. The summed E-state index contributed by atoms with van der Waals surface area (Å²) in [6.07, 6.45) is -0.843. The van der Waals surface area contributed by atoms with Crippen molar-refractivity contribution in [3.8, 4) is 0 Å². The van der Waals surface area contributed by atoms with E-state index in [4.69, 9.17) is 10.5 Å². The zero-order valence-electron chi connectivity index (χ0n) is 18.4. The lowest BCUT2D eigenvalue weighted by Gasteiger charge is -2.30. The first-order valence-electron chi connectivity index (χ1n) is 10.8. The van der Waals surface area contributed by atoms with E-state index in [0.29, 0.717) is 31.3 Å². The Morgan fingerprint density at radius 3 is 2.59 bits per heavy atom. The molecule has 0 unspecified atom stereocenters. The van der Waals surface area contributed by atoms with Crippen molar-refractivity contribution in [3.05, 3.63) is 23.8 Å². The lowest BCUT2D eigenvalue weighted by molar-refractivity contribution is -0.133. The molecule has 3 rings (SSSR count). The number of primary amides is 1. The second-order valence-electron chi connectivity index (χ2n) is 8.76. The zero-order valence-corrected chi connectivity index (χ0v) is 18.4. The van der Waals surface area contributed by atoms with E-state index in [9.17, 15) is 23.2 Å². The monoisotopic (exact) mass is 452 g/mol. The number of carbonyl (C=O) groups is 3. The molecule has 10 heteroatoms. The van der Waals surface area contributed by atoms with Gasteiger partial charge in [-0.2, -0.15) is 0 Å². The number of morpholine rings is 1. The lowest BCUT2D eigenvalue weighted by atomic mass is 10.1. The maximum atomic E-state index is 13.8. The Labute approximate surface area is 186 Å². The molecule has 176 valence electrons. The standard InChI is InChI=1S/C22H30F2N4O4/c1-13(2)10-27(11-14-3-4-14)19(21(25)30)22(31)26-17-6-5-15(9-16(17)20(23)24)28-7-8-32-12-18(28)29/h5-6,9,13-14,19-20H,3-4,7-8,10-12H2,1-2H3,(H2,25,30)(H,26,31)/t19-/m1/s1. The van der Waals surface area contributed by atoms with Crippen LogP contribution >= 0.6 is 0 Å². The second kappa shape index (κ2) is 10.4. The highest BCUT2D eigenvalue weighted by Crippen LogP contribution is 2.33. The first-order chi connectivity index (χ1) is 15.2. The van der Waals surface area contributed by atoms with Crippen LogP contribution < -0.4 is 16.0 Å². The van der Waals surface area contributed by atoms with E-state index in [1.807, 2.05) is 13.8 Å². The SMILES string of the molecule is CC(C)CN(CC1CC1)[C@H](C(N)=O)C(=O)Nc1ccc(N2CCOCC2=O)cc1C(F)F. The molecule has 1 saturated carbocycles. The molecule has 3 N–H and O–H groups in total. The van der Waals surface area contributed by atoms with Gasteiger partial charge in [0.25, 0.3) is 18.2 Å². The van der Waals surface area contributed by atoms with Crippen molar-refractivity contribution in [1.29, 1.82) is 0 Å². The van der Waals surface area contributed by atoms with Gasteiger partial charge in [-0.15, -0.1) is 0 Å². The van der Waals surface area contributed by atoms with E-state index in [1.165, 1.54) is 23.1 Å². The number of benzene rings is 1. The third-order valence-electron chi connectivity index (χ3n) is 5.50. The summed E-state index contributed by atoms with van der Waals surface area (Å²) < 4.78 is 32.7. The Morgan fingerprint density at radius 2 is 2.03 bits per heavy atom. The molecule has 3 amide bonds. The van der Waals surface area contributed by atoms with E-state index in [0.717, 1.165) is 12.8 Å². The van der Waals surface area contributed by atoms with Crippen molar-refractivity contribution in [2.45, 2.75) is 39.2 Å². The van der Waals surface area contributed by atoms with E-state index in [1.54, 1.807) is 4.90 Å². The zero-order chi connectivity index (χ0) is 23.4. The number of hydrogen-bond donors (Lipinski definition) is 2. The molecule has 0 bridgehead atoms. The molecule has 1 aliphatic carbocycles. The first kappa shape index (κ1) is 24.1. The molecule has 32 heavy (non-hydrogen) atoms. The number of nitrogens with two attached hydrogens (primary N) is 1. The molecule has 1 aromatic rings. The molecule has 0 spiro atoms. The van der Waals surface area contributed by atoms with Crippen molar-refractivity contribution >= 4 is 29.1 Å². The molecule has 1 aliphatic heterocycles. The summed E-state index contributed by atoms with van der Waals surface area (Å²) in [5.41, 5.74) is 5.30. The Morgan fingerprint density at radius 1 is 1.31 bits per heavy atom. The first-order valence-corrected chi connectivity index (χ1v) is 10.8. The average molecular weight is 453 g/mol. The Kier molecular flexibility index (Phi) is 7.78. The molecule has 1 atom stereocenters. The van der Waals surface area contributed by atoms with Gasteiger partial charge in [0.1, 0.15) is 6.61 Å². The second-order valence-corrected chi connectivity index (χ2v) is 8.76. The number of rotatable bonds is 10. The van der Waals surface area contributed by atoms with Gasteiger partial charge in [0.05, 0.1) is 6.61 Å². The molecule has 8 nitrogen and oxygen atoms in total. The van der Waals surface area contributed by atoms with Crippen molar-refractivity contribution in [2.75, 3.05) is 43.1 Å². The molecule has 2 fully saturated rings. The molecular formula is C22H30F2N4O4. The van der Waals surface area contributed by atoms with Crippen molar-refractivity contribution in [1.82, 2.24) is 4.90 Å². The molecule has 2 aliphatic rings. The normalized spacial score (nSPS) is 17.8. The Hall–Kier alpha value is -2.59. The van der Waals surface area contributed by atoms with Crippen LogP contribution in [0.15, 0.2) is 18.2 Å². The number of ether oxygens (including phenoxy) is 1. The van der Waals surface area contributed by atoms with E-state index >= 15 is 0 Å². The van der Waals surface area contributed by atoms with Gasteiger partial charge < -0.3 is 20.7 Å². The summed E-state index contributed by atoms with van der Waals surface area (Å²) in [6.45, 7) is 5.42. The van der Waals surface area contributed by atoms with Crippen LogP contribution in [-0.4, -0.2) is 61.5 Å². The predicted molar refractivity (Wildman–Crippen MR) is 115 cm³/mol. The molecule has 0 radical (unpaired) electrons. The Balaban J connectivity index is 1.83. The van der Waals surface area contributed by atoms with Gasteiger partial charge in [-0.05, 0) is 42.9 Å². The number of amides is 3. The number of alkyl halides is 2. The number of anilines is 2. The fraction of sp³-hybridized carbons (Fsp3) is 0.591. The highest BCUT2D eigenvalue weighted by Gasteiger charge is 2.36. The molecule has 1 saturated heterocycles. The van der Waals surface area contributed by atoms with Crippen LogP contribution in [0.1, 0.15) is 38.7 Å². The van der Waals surface area contributed by atoms with Crippen LogP contribution in [0, 0.1) is 11.8 Å². The lowest BCUT2D eigenvalue weighted by Crippen LogP contribution is -2.53. The fourth-order valence-corrected chi connectivity index (χ4v) is 3.87. The van der Waals surface area contributed by atoms with E-state index in [-0.39, 0.29) is 30.7 Å². The molecular weight excluding hydrogens is 422 g/mol. The summed E-state index contributed by atoms with van der Waals surface area (Å²) in [6, 6.07) is 2.73. The Bertz CT molecular complexity index is 856. The number of nitrogens with one attached hydrogen (secondary N) is 1. The van der Waals surface area contributed by atoms with Crippen molar-refractivity contribution in [3.63, 3.8) is 0 Å². The third kappa shape index (κ3) is 6.01. The highest BCUT2D eigenvalue weighted by atomic mass is 19.3. The van der Waals surface area contributed by atoms with E-state index < -0.39 is 29.8 Å². The van der Waals surface area contributed by atoms with Crippen LogP contribution in [0.2, 0.25) is 0 Å². The molecule has 1 aromatic carbocycles. The third-order valence-corrected chi connectivity index (χ3v) is 5.50. The molecule has 1 heterocycles. The van der Waals surface area contributed by atoms with Gasteiger partial charge in [-0.1, -0.05) is 13.8 Å². The van der Waals surface area contributed by atoms with Gasteiger partial charge in [0.15, 0.2) is 6.04 Å². The topological polar surface area (TPSA) is 105 Å². The minimum absolute atomic E-state index is 0.114. The van der Waals surface area contributed by atoms with Gasteiger partial charge in [-0.3, -0.25) is 19.3 Å². The van der Waals surface area contributed by atoms with Crippen LogP contribution in [-0.2, 0) is 19.1 Å². The number of carbonyl (C=O) groups excluding carboxylic acids is 3. The van der Waals surface area contributed by atoms with Gasteiger partial charge >= 0.3 is 0 Å². The fourth-order valence-electron chi connectivity index (χ4n) is 3.87. The summed E-state index contributed by atoms with van der Waals surface area (Å²) in [5, 5.41) is 2.47. The minimum atomic E-state index is -2.90. The van der Waals surface area contributed by atoms with Crippen LogP contribution in [0.5, 0.6) is 0 Å². The van der Waals surface area contributed by atoms with Crippen molar-refractivity contribution < 1.29 is 27.9 Å². The number of halogens is 2. The summed E-state index contributed by atoms with van der Waals surface area (Å²) in [7, 11) is 0. The smallest absolute Gasteiger partial charge is 0.265 e. The minimum Gasteiger partial charge on any atom is -0.370 e. The largest absolute Gasteiger partial charge is 0.370 e. The molecule has 0 aromatic heterocycles. The summed E-state index contributed by atoms with van der Waals surface area (Å²) in [5.74, 6) is -1.30. The van der Waals surface area contributed by atoms with Crippen molar-refractivity contribution in [2.24, 2.45) is 17.6 Å². The van der Waals surface area contributed by atoms with E-state index in [2.05, 4.69) is 5.32 Å². The van der Waals surface area contributed by atoms with Gasteiger partial charge in [0.2, 0.25) is 5.91 Å². The summed E-state index contributed by atoms with van der Waals surface area (Å²) in [4.78, 5) is 40.4. The van der Waals surface area contributed by atoms with Crippen LogP contribution in [0.25, 0.3) is 0 Å². The maximum Gasteiger partial charge on any atom is 0.265 e. The maximum absolute atomic E-state index is 13.8. The number of hydrogen-bond acceptors (Lipinski definition) is 5.